The number of hydrogen-bond acceptors (Lipinski definition) is 8. The second kappa shape index (κ2) is 9.43. The fraction of sp³-hybridized carbons (Fsp3) is 0.577. The van der Waals surface area contributed by atoms with Crippen LogP contribution in [0.5, 0.6) is 0 Å². The average Bonchev–Trinajstić information content (AvgIpc) is 3.72. The van der Waals surface area contributed by atoms with Crippen molar-refractivity contribution in [2.24, 2.45) is 5.41 Å². The number of hydrogen-bond donors (Lipinski definition) is 2. The quantitative estimate of drug-likeness (QED) is 0.591. The second-order valence-corrected chi connectivity index (χ2v) is 13.0. The number of sulfonamides is 1. The molecule has 4 heterocycles. The molecule has 1 spiro atoms. The smallest absolute Gasteiger partial charge is 0.229 e. The second-order valence-electron chi connectivity index (χ2n) is 10.8. The van der Waals surface area contributed by atoms with Crippen LogP contribution in [0.15, 0.2) is 30.5 Å². The van der Waals surface area contributed by atoms with E-state index >= 15 is 0 Å². The molecule has 11 heteroatoms. The maximum absolute atomic E-state index is 12.5. The minimum Gasteiger partial charge on any atom is -0.369 e. The molecule has 0 atom stereocenters. The average molecular weight is 526 g/mol. The number of aromatic nitrogens is 2. The number of aryl methyl sites for hydroxylation is 1. The van der Waals surface area contributed by atoms with E-state index in [9.17, 15) is 13.2 Å². The molecule has 0 radical (unpaired) electrons. The lowest BCUT2D eigenvalue weighted by Crippen LogP contribution is -2.49. The number of nitrogens with zero attached hydrogens (tertiary/aromatic N) is 5. The highest BCUT2D eigenvalue weighted by Crippen LogP contribution is 2.39. The molecule has 6 rings (SSSR count). The number of rotatable bonds is 6. The zero-order valence-electron chi connectivity index (χ0n) is 21.3. The van der Waals surface area contributed by atoms with Crippen LogP contribution in [0.4, 0.5) is 23.1 Å². The standard InChI is InChI=1S/C26H35N7O3S/c1-19-18-28-25(30-23(19)32-12-9-26(10-13-32)8-11-27-24(26)34)29-20-2-4-21(5-3-20)31-14-16-33(17-15-31)37(35,36)22-6-7-22/h2-5,18,22H,6-17H2,1H3,(H,27,34)(H,28,29,30). The summed E-state index contributed by atoms with van der Waals surface area (Å²) in [5.41, 5.74) is 2.81. The molecule has 2 N–H and O–H groups in total. The van der Waals surface area contributed by atoms with Gasteiger partial charge in [-0.3, -0.25) is 4.79 Å². The molecular formula is C26H35N7O3S. The number of anilines is 4. The maximum atomic E-state index is 12.5. The summed E-state index contributed by atoms with van der Waals surface area (Å²) in [6.45, 7) is 6.92. The first-order chi connectivity index (χ1) is 17.8. The van der Waals surface area contributed by atoms with Crippen LogP contribution in [0.25, 0.3) is 0 Å². The molecule has 10 nitrogen and oxygen atoms in total. The molecule has 0 bridgehead atoms. The van der Waals surface area contributed by atoms with Crippen molar-refractivity contribution in [1.82, 2.24) is 19.6 Å². The van der Waals surface area contributed by atoms with Gasteiger partial charge >= 0.3 is 0 Å². The van der Waals surface area contributed by atoms with Crippen molar-refractivity contribution in [3.05, 3.63) is 36.0 Å². The largest absolute Gasteiger partial charge is 0.369 e. The molecule has 1 saturated carbocycles. The highest BCUT2D eigenvalue weighted by atomic mass is 32.2. The first-order valence-corrected chi connectivity index (χ1v) is 14.8. The van der Waals surface area contributed by atoms with Crippen LogP contribution in [-0.2, 0) is 14.8 Å². The van der Waals surface area contributed by atoms with Gasteiger partial charge in [0.2, 0.25) is 21.9 Å². The third kappa shape index (κ3) is 4.74. The summed E-state index contributed by atoms with van der Waals surface area (Å²) < 4.78 is 26.7. The molecule has 198 valence electrons. The third-order valence-corrected chi connectivity index (χ3v) is 10.8. The Morgan fingerprint density at radius 3 is 2.30 bits per heavy atom. The molecule has 1 aliphatic carbocycles. The van der Waals surface area contributed by atoms with Crippen LogP contribution < -0.4 is 20.4 Å². The van der Waals surface area contributed by atoms with Crippen molar-refractivity contribution in [3.63, 3.8) is 0 Å². The predicted molar refractivity (Wildman–Crippen MR) is 144 cm³/mol. The molecule has 1 aromatic carbocycles. The van der Waals surface area contributed by atoms with Gasteiger partial charge in [-0.2, -0.15) is 9.29 Å². The topological polar surface area (TPSA) is 111 Å². The van der Waals surface area contributed by atoms with Crippen molar-refractivity contribution >= 4 is 39.1 Å². The van der Waals surface area contributed by atoms with E-state index < -0.39 is 10.0 Å². The summed E-state index contributed by atoms with van der Waals surface area (Å²) in [4.78, 5) is 26.1. The molecule has 3 saturated heterocycles. The molecule has 1 amide bonds. The van der Waals surface area contributed by atoms with Gasteiger partial charge in [-0.1, -0.05) is 0 Å². The fourth-order valence-corrected chi connectivity index (χ4v) is 7.64. The highest BCUT2D eigenvalue weighted by molar-refractivity contribution is 7.90. The molecule has 37 heavy (non-hydrogen) atoms. The Balaban J connectivity index is 1.07. The van der Waals surface area contributed by atoms with Gasteiger partial charge in [-0.05, 0) is 63.3 Å². The number of amides is 1. The van der Waals surface area contributed by atoms with E-state index in [-0.39, 0.29) is 16.6 Å². The van der Waals surface area contributed by atoms with Gasteiger partial charge < -0.3 is 20.4 Å². The summed E-state index contributed by atoms with van der Waals surface area (Å²) in [6.07, 6.45) is 6.10. The van der Waals surface area contributed by atoms with Crippen molar-refractivity contribution < 1.29 is 13.2 Å². The van der Waals surface area contributed by atoms with Crippen LogP contribution in [0, 0.1) is 12.3 Å². The number of nitrogens with one attached hydrogen (secondary N) is 2. The number of piperidine rings is 1. The third-order valence-electron chi connectivity index (χ3n) is 8.37. The maximum Gasteiger partial charge on any atom is 0.229 e. The normalized spacial score (nSPS) is 22.4. The molecule has 1 aromatic heterocycles. The molecule has 4 fully saturated rings. The zero-order chi connectivity index (χ0) is 25.6. The van der Waals surface area contributed by atoms with Crippen LogP contribution in [0.2, 0.25) is 0 Å². The first-order valence-electron chi connectivity index (χ1n) is 13.3. The van der Waals surface area contributed by atoms with E-state index in [1.165, 1.54) is 0 Å². The van der Waals surface area contributed by atoms with Gasteiger partial charge in [0, 0.05) is 68.9 Å². The Labute approximate surface area is 218 Å². The van der Waals surface area contributed by atoms with Gasteiger partial charge in [-0.25, -0.2) is 13.4 Å². The lowest BCUT2D eigenvalue weighted by molar-refractivity contribution is -0.128. The summed E-state index contributed by atoms with van der Waals surface area (Å²) in [6, 6.07) is 8.13. The number of carbonyl (C=O) groups excluding carboxylic acids is 1. The Morgan fingerprint density at radius 2 is 1.68 bits per heavy atom. The monoisotopic (exact) mass is 525 g/mol. The zero-order valence-corrected chi connectivity index (χ0v) is 22.1. The Hall–Kier alpha value is -2.92. The molecule has 2 aromatic rings. The van der Waals surface area contributed by atoms with E-state index in [1.54, 1.807) is 4.31 Å². The van der Waals surface area contributed by atoms with Crippen LogP contribution >= 0.6 is 0 Å². The minimum atomic E-state index is -3.10. The van der Waals surface area contributed by atoms with Crippen molar-refractivity contribution in [1.29, 1.82) is 0 Å². The van der Waals surface area contributed by atoms with E-state index in [4.69, 9.17) is 4.98 Å². The highest BCUT2D eigenvalue weighted by Gasteiger charge is 2.44. The Kier molecular flexibility index (Phi) is 6.22. The first kappa shape index (κ1) is 24.4. The molecule has 0 unspecified atom stereocenters. The van der Waals surface area contributed by atoms with E-state index in [2.05, 4.69) is 37.6 Å². The molecule has 3 aliphatic heterocycles. The van der Waals surface area contributed by atoms with Crippen molar-refractivity contribution in [2.75, 3.05) is 60.9 Å². The summed E-state index contributed by atoms with van der Waals surface area (Å²) >= 11 is 0. The fourth-order valence-electron chi connectivity index (χ4n) is 5.82. The Bertz CT molecular complexity index is 1260. The number of carbonyl (C=O) groups is 1. The SMILES string of the molecule is Cc1cnc(Nc2ccc(N3CCN(S(=O)(=O)C4CC4)CC3)cc2)nc1N1CCC2(CCNC2=O)CC1. The predicted octanol–water partition coefficient (Wildman–Crippen LogP) is 2.25. The Morgan fingerprint density at radius 1 is 0.973 bits per heavy atom. The van der Waals surface area contributed by atoms with Crippen LogP contribution in [-0.4, -0.2) is 79.7 Å². The molecule has 4 aliphatic rings. The van der Waals surface area contributed by atoms with Gasteiger partial charge in [0.05, 0.1) is 10.7 Å². The minimum absolute atomic E-state index is 0.144. The summed E-state index contributed by atoms with van der Waals surface area (Å²) in [5.74, 6) is 1.68. The van der Waals surface area contributed by atoms with Gasteiger partial charge in [0.1, 0.15) is 5.82 Å². The van der Waals surface area contributed by atoms with Gasteiger partial charge in [-0.15, -0.1) is 0 Å². The number of piperazine rings is 1. The number of benzene rings is 1. The van der Waals surface area contributed by atoms with E-state index in [1.807, 2.05) is 25.3 Å². The van der Waals surface area contributed by atoms with Crippen molar-refractivity contribution in [2.45, 2.75) is 44.3 Å². The van der Waals surface area contributed by atoms with Gasteiger partial charge in [0.15, 0.2) is 0 Å². The lowest BCUT2D eigenvalue weighted by Gasteiger charge is -2.38. The van der Waals surface area contributed by atoms with Crippen LogP contribution in [0.3, 0.4) is 0 Å². The summed E-state index contributed by atoms with van der Waals surface area (Å²) in [5, 5.41) is 6.18. The van der Waals surface area contributed by atoms with Gasteiger partial charge in [0.25, 0.3) is 0 Å². The van der Waals surface area contributed by atoms with Crippen molar-refractivity contribution in [3.8, 4) is 0 Å². The molecular weight excluding hydrogens is 490 g/mol. The lowest BCUT2D eigenvalue weighted by atomic mass is 9.77. The summed E-state index contributed by atoms with van der Waals surface area (Å²) in [7, 11) is -3.10. The van der Waals surface area contributed by atoms with E-state index in [0.717, 1.165) is 74.5 Å². The van der Waals surface area contributed by atoms with Crippen LogP contribution in [0.1, 0.15) is 37.7 Å². The van der Waals surface area contributed by atoms with E-state index in [0.29, 0.717) is 32.1 Å².